The number of halogens is 1. The van der Waals surface area contributed by atoms with E-state index in [0.29, 0.717) is 38.2 Å². The molecule has 0 atom stereocenters. The lowest BCUT2D eigenvalue weighted by molar-refractivity contribution is -0.137. The molecule has 0 unspecified atom stereocenters. The maximum absolute atomic E-state index is 14.6. The van der Waals surface area contributed by atoms with Crippen LogP contribution < -0.4 is 5.32 Å². The molecule has 0 saturated heterocycles. The van der Waals surface area contributed by atoms with Crippen molar-refractivity contribution in [1.82, 2.24) is 14.8 Å². The zero-order valence-electron chi connectivity index (χ0n) is 18.0. The topological polar surface area (TPSA) is 74.6 Å². The SMILES string of the molecule is O=C(O)CCCCCCNC(=O)N1CCc2c(c3ccccc3n2-c2ccccc2F)C1. The van der Waals surface area contributed by atoms with Crippen LogP contribution in [0.2, 0.25) is 0 Å². The van der Waals surface area contributed by atoms with E-state index in [4.69, 9.17) is 5.11 Å². The molecule has 0 radical (unpaired) electrons. The second-order valence-corrected chi connectivity index (χ2v) is 8.19. The number of fused-ring (bicyclic) bond motifs is 3. The molecule has 3 aromatic rings. The third kappa shape index (κ3) is 4.61. The molecule has 1 aliphatic heterocycles. The van der Waals surface area contributed by atoms with Gasteiger partial charge in [0.2, 0.25) is 0 Å². The van der Waals surface area contributed by atoms with Gasteiger partial charge in [0.1, 0.15) is 5.82 Å². The van der Waals surface area contributed by atoms with Crippen LogP contribution in [0.15, 0.2) is 48.5 Å². The summed E-state index contributed by atoms with van der Waals surface area (Å²) in [6.07, 6.45) is 4.10. The third-order valence-electron chi connectivity index (χ3n) is 6.03. The predicted octanol–water partition coefficient (Wildman–Crippen LogP) is 4.87. The average Bonchev–Trinajstić information content (AvgIpc) is 3.12. The van der Waals surface area contributed by atoms with E-state index in [1.165, 1.54) is 6.07 Å². The van der Waals surface area contributed by atoms with Crippen LogP contribution in [-0.2, 0) is 17.8 Å². The monoisotopic (exact) mass is 437 g/mol. The maximum atomic E-state index is 14.6. The van der Waals surface area contributed by atoms with Gasteiger partial charge in [-0.05, 0) is 31.0 Å². The summed E-state index contributed by atoms with van der Waals surface area (Å²) in [5, 5.41) is 12.7. The van der Waals surface area contributed by atoms with Crippen molar-refractivity contribution >= 4 is 22.9 Å². The Hall–Kier alpha value is -3.35. The molecule has 2 heterocycles. The van der Waals surface area contributed by atoms with Crippen LogP contribution in [0.25, 0.3) is 16.6 Å². The van der Waals surface area contributed by atoms with Crippen molar-refractivity contribution in [3.8, 4) is 5.69 Å². The zero-order chi connectivity index (χ0) is 22.5. The predicted molar refractivity (Wildman–Crippen MR) is 121 cm³/mol. The first kappa shape index (κ1) is 21.9. The molecule has 0 aliphatic carbocycles. The molecule has 168 valence electrons. The Morgan fingerprint density at radius 1 is 1.00 bits per heavy atom. The number of carboxylic acid groups (broad SMARTS) is 1. The summed E-state index contributed by atoms with van der Waals surface area (Å²) in [5.41, 5.74) is 3.61. The first-order valence-corrected chi connectivity index (χ1v) is 11.2. The fourth-order valence-corrected chi connectivity index (χ4v) is 4.45. The number of nitrogens with zero attached hydrogens (tertiary/aromatic N) is 2. The van der Waals surface area contributed by atoms with Gasteiger partial charge < -0.3 is 19.9 Å². The summed E-state index contributed by atoms with van der Waals surface area (Å²) in [6.45, 7) is 1.64. The number of unbranched alkanes of at least 4 members (excludes halogenated alkanes) is 3. The molecule has 7 heteroatoms. The largest absolute Gasteiger partial charge is 0.481 e. The lowest BCUT2D eigenvalue weighted by Crippen LogP contribution is -2.43. The van der Waals surface area contributed by atoms with Gasteiger partial charge in [-0.15, -0.1) is 0 Å². The Bertz CT molecular complexity index is 1120. The Balaban J connectivity index is 1.44. The molecule has 6 nitrogen and oxygen atoms in total. The summed E-state index contributed by atoms with van der Waals surface area (Å²) in [4.78, 5) is 25.1. The van der Waals surface area contributed by atoms with Gasteiger partial charge in [0.15, 0.2) is 0 Å². The van der Waals surface area contributed by atoms with Gasteiger partial charge in [0.05, 0.1) is 11.2 Å². The molecule has 0 fully saturated rings. The van der Waals surface area contributed by atoms with Crippen LogP contribution in [0.3, 0.4) is 0 Å². The summed E-state index contributed by atoms with van der Waals surface area (Å²) in [5.74, 6) is -1.03. The van der Waals surface area contributed by atoms with Crippen LogP contribution in [0.4, 0.5) is 9.18 Å². The number of urea groups is 1. The Kier molecular flexibility index (Phi) is 6.73. The molecule has 4 rings (SSSR count). The number of carboxylic acids is 1. The number of amides is 2. The van der Waals surface area contributed by atoms with E-state index < -0.39 is 5.97 Å². The van der Waals surface area contributed by atoms with E-state index in [2.05, 4.69) is 5.32 Å². The van der Waals surface area contributed by atoms with Crippen molar-refractivity contribution in [2.75, 3.05) is 13.1 Å². The summed E-state index contributed by atoms with van der Waals surface area (Å²) in [6, 6.07) is 14.6. The normalized spacial score (nSPS) is 13.2. The number of benzene rings is 2. The van der Waals surface area contributed by atoms with Gasteiger partial charge in [0.25, 0.3) is 0 Å². The van der Waals surface area contributed by atoms with Crippen molar-refractivity contribution in [3.63, 3.8) is 0 Å². The number of hydrogen-bond acceptors (Lipinski definition) is 2. The first-order valence-electron chi connectivity index (χ1n) is 11.2. The number of rotatable bonds is 8. The second kappa shape index (κ2) is 9.85. The molecule has 2 amide bonds. The number of carbonyl (C=O) groups excluding carboxylic acids is 1. The number of para-hydroxylation sites is 2. The van der Waals surface area contributed by atoms with Crippen molar-refractivity contribution in [2.45, 2.75) is 45.1 Å². The molecule has 1 aliphatic rings. The van der Waals surface area contributed by atoms with E-state index in [9.17, 15) is 14.0 Å². The lowest BCUT2D eigenvalue weighted by Gasteiger charge is -2.28. The van der Waals surface area contributed by atoms with Crippen molar-refractivity contribution < 1.29 is 19.1 Å². The van der Waals surface area contributed by atoms with Crippen molar-refractivity contribution in [3.05, 3.63) is 65.6 Å². The highest BCUT2D eigenvalue weighted by molar-refractivity contribution is 5.88. The zero-order valence-corrected chi connectivity index (χ0v) is 18.0. The molecule has 2 aromatic carbocycles. The molecule has 32 heavy (non-hydrogen) atoms. The fraction of sp³-hybridized carbons (Fsp3) is 0.360. The number of nitrogens with one attached hydrogen (secondary N) is 1. The Labute approximate surface area is 186 Å². The lowest BCUT2D eigenvalue weighted by atomic mass is 10.0. The van der Waals surface area contributed by atoms with E-state index in [1.54, 1.807) is 12.1 Å². The van der Waals surface area contributed by atoms with Gasteiger partial charge in [-0.2, -0.15) is 0 Å². The second-order valence-electron chi connectivity index (χ2n) is 8.19. The standard InChI is InChI=1S/C25H28FN3O3/c26-20-10-5-7-12-23(20)29-21-11-6-4-9-18(21)19-17-28(16-14-22(19)29)25(32)27-15-8-2-1-3-13-24(30)31/h4-7,9-12H,1-3,8,13-17H2,(H,27,32)(H,30,31). The van der Waals surface area contributed by atoms with Gasteiger partial charge in [-0.3, -0.25) is 4.79 Å². The molecule has 0 spiro atoms. The highest BCUT2D eigenvalue weighted by Crippen LogP contribution is 2.34. The molecule has 1 aromatic heterocycles. The highest BCUT2D eigenvalue weighted by atomic mass is 19.1. The van der Waals surface area contributed by atoms with E-state index in [1.807, 2.05) is 39.8 Å². The van der Waals surface area contributed by atoms with Crippen molar-refractivity contribution in [1.29, 1.82) is 0 Å². The Morgan fingerprint density at radius 3 is 2.56 bits per heavy atom. The minimum atomic E-state index is -0.765. The molecular weight excluding hydrogens is 409 g/mol. The van der Waals surface area contributed by atoms with E-state index in [0.717, 1.165) is 41.4 Å². The molecule has 0 saturated carbocycles. The third-order valence-corrected chi connectivity index (χ3v) is 6.03. The van der Waals surface area contributed by atoms with Crippen LogP contribution in [-0.4, -0.2) is 39.7 Å². The van der Waals surface area contributed by atoms with Gasteiger partial charge >= 0.3 is 12.0 Å². The summed E-state index contributed by atoms with van der Waals surface area (Å²) < 4.78 is 16.6. The molecule has 0 bridgehead atoms. The summed E-state index contributed by atoms with van der Waals surface area (Å²) in [7, 11) is 0. The number of hydrogen-bond donors (Lipinski definition) is 2. The molecule has 2 N–H and O–H groups in total. The van der Waals surface area contributed by atoms with Crippen molar-refractivity contribution in [2.24, 2.45) is 0 Å². The quantitative estimate of drug-likeness (QED) is 0.494. The van der Waals surface area contributed by atoms with Crippen LogP contribution in [0.5, 0.6) is 0 Å². The minimum Gasteiger partial charge on any atom is -0.481 e. The van der Waals surface area contributed by atoms with Gasteiger partial charge in [0, 0.05) is 49.1 Å². The highest BCUT2D eigenvalue weighted by Gasteiger charge is 2.27. The first-order chi connectivity index (χ1) is 15.6. The number of aliphatic carboxylic acids is 1. The van der Waals surface area contributed by atoms with Crippen LogP contribution >= 0.6 is 0 Å². The number of carbonyl (C=O) groups is 2. The number of aromatic nitrogens is 1. The van der Waals surface area contributed by atoms with Crippen LogP contribution in [0.1, 0.15) is 43.4 Å². The van der Waals surface area contributed by atoms with Gasteiger partial charge in [-0.1, -0.05) is 43.2 Å². The Morgan fingerprint density at radius 2 is 1.75 bits per heavy atom. The fourth-order valence-electron chi connectivity index (χ4n) is 4.45. The minimum absolute atomic E-state index is 0.0936. The summed E-state index contributed by atoms with van der Waals surface area (Å²) >= 11 is 0. The van der Waals surface area contributed by atoms with Crippen LogP contribution in [0, 0.1) is 5.82 Å². The smallest absolute Gasteiger partial charge is 0.317 e. The van der Waals surface area contributed by atoms with Gasteiger partial charge in [-0.25, -0.2) is 9.18 Å². The average molecular weight is 438 g/mol. The molecular formula is C25H28FN3O3. The maximum Gasteiger partial charge on any atom is 0.317 e. The van der Waals surface area contributed by atoms with E-state index in [-0.39, 0.29) is 18.3 Å². The van der Waals surface area contributed by atoms with E-state index >= 15 is 0 Å².